The molecule has 1 aliphatic rings. The minimum atomic E-state index is -3.25. The van der Waals surface area contributed by atoms with Crippen LogP contribution in [-0.4, -0.2) is 20.7 Å². The van der Waals surface area contributed by atoms with Gasteiger partial charge in [-0.25, -0.2) is 8.42 Å². The second-order valence-corrected chi connectivity index (χ2v) is 6.91. The van der Waals surface area contributed by atoms with Gasteiger partial charge in [0.25, 0.3) is 0 Å². The van der Waals surface area contributed by atoms with E-state index in [9.17, 15) is 8.42 Å². The fraction of sp³-hybridized carbons (Fsp3) is 0.571. The molecule has 0 saturated carbocycles. The van der Waals surface area contributed by atoms with E-state index in [4.69, 9.17) is 5.73 Å². The number of hydrogen-bond acceptors (Lipinski definition) is 3. The number of unbranched alkanes of at least 4 members (excludes halogenated alkanes) is 1. The first-order valence-corrected chi connectivity index (χ1v) is 8.59. The van der Waals surface area contributed by atoms with E-state index in [1.54, 1.807) is 0 Å². The molecule has 2 rings (SSSR count). The van der Waals surface area contributed by atoms with Crippen LogP contribution in [0.15, 0.2) is 18.2 Å². The molecule has 1 aromatic rings. The predicted molar refractivity (Wildman–Crippen MR) is 78.8 cm³/mol. The number of aryl methyl sites for hydroxylation is 1. The van der Waals surface area contributed by atoms with Crippen LogP contribution in [0.3, 0.4) is 0 Å². The monoisotopic (exact) mass is 282 g/mol. The van der Waals surface area contributed by atoms with Crippen LogP contribution in [0.2, 0.25) is 0 Å². The Hall–Kier alpha value is -1.07. The molecule has 0 amide bonds. The lowest BCUT2D eigenvalue weighted by atomic mass is 9.91. The molecule has 0 aliphatic heterocycles. The van der Waals surface area contributed by atoms with E-state index in [0.29, 0.717) is 13.0 Å². The molecule has 0 aromatic heterocycles. The lowest BCUT2D eigenvalue weighted by molar-refractivity contribution is 0.596. The van der Waals surface area contributed by atoms with Gasteiger partial charge in [-0.2, -0.15) is 0 Å². The summed E-state index contributed by atoms with van der Waals surface area (Å²) in [6.07, 6.45) is 5.71. The van der Waals surface area contributed by atoms with E-state index in [2.05, 4.69) is 10.8 Å². The Balaban J connectivity index is 2.10. The summed E-state index contributed by atoms with van der Waals surface area (Å²) < 4.78 is 26.8. The molecule has 4 nitrogen and oxygen atoms in total. The van der Waals surface area contributed by atoms with Gasteiger partial charge in [0.05, 0.1) is 11.4 Å². The van der Waals surface area contributed by atoms with Gasteiger partial charge in [0.2, 0.25) is 10.0 Å². The highest BCUT2D eigenvalue weighted by Crippen LogP contribution is 2.28. The molecule has 106 valence electrons. The van der Waals surface area contributed by atoms with Crippen molar-refractivity contribution in [1.29, 1.82) is 0 Å². The van der Waals surface area contributed by atoms with Crippen molar-refractivity contribution >= 4 is 15.7 Å². The summed E-state index contributed by atoms with van der Waals surface area (Å²) in [4.78, 5) is 0. The van der Waals surface area contributed by atoms with Crippen LogP contribution >= 0.6 is 0 Å². The second-order valence-electron chi connectivity index (χ2n) is 5.07. The summed E-state index contributed by atoms with van der Waals surface area (Å²) in [6, 6.07) is 5.90. The van der Waals surface area contributed by atoms with E-state index in [1.165, 1.54) is 17.5 Å². The maximum absolute atomic E-state index is 12.0. The summed E-state index contributed by atoms with van der Waals surface area (Å²) in [6.45, 7) is 0.538. The van der Waals surface area contributed by atoms with Crippen molar-refractivity contribution in [3.05, 3.63) is 29.3 Å². The van der Waals surface area contributed by atoms with Crippen LogP contribution in [0, 0.1) is 0 Å². The lowest BCUT2D eigenvalue weighted by Gasteiger charge is -2.20. The minimum absolute atomic E-state index is 0.147. The number of nitrogens with one attached hydrogen (secondary N) is 1. The smallest absolute Gasteiger partial charge is 0.232 e. The molecule has 0 spiro atoms. The van der Waals surface area contributed by atoms with Gasteiger partial charge >= 0.3 is 0 Å². The Labute approximate surface area is 115 Å². The number of fused-ring (bicyclic) bond motifs is 1. The standard InChI is InChI=1S/C14H22N2O2S/c15-10-3-4-11-19(17,18)16-14-9-5-7-12-6-1-2-8-13(12)14/h5,7,9,16H,1-4,6,8,10-11,15H2. The van der Waals surface area contributed by atoms with Gasteiger partial charge in [0, 0.05) is 0 Å². The first-order valence-electron chi connectivity index (χ1n) is 6.94. The Morgan fingerprint density at radius 3 is 2.74 bits per heavy atom. The first-order chi connectivity index (χ1) is 9.12. The van der Waals surface area contributed by atoms with E-state index in [-0.39, 0.29) is 5.75 Å². The van der Waals surface area contributed by atoms with E-state index in [1.807, 2.05) is 12.1 Å². The highest BCUT2D eigenvalue weighted by molar-refractivity contribution is 7.92. The predicted octanol–water partition coefficient (Wildman–Crippen LogP) is 2.05. The normalized spacial score (nSPS) is 15.0. The summed E-state index contributed by atoms with van der Waals surface area (Å²) in [5.74, 6) is 0.147. The maximum Gasteiger partial charge on any atom is 0.232 e. The molecule has 0 atom stereocenters. The lowest BCUT2D eigenvalue weighted by Crippen LogP contribution is -2.19. The van der Waals surface area contributed by atoms with E-state index >= 15 is 0 Å². The van der Waals surface area contributed by atoms with Gasteiger partial charge in [0.1, 0.15) is 0 Å². The largest absolute Gasteiger partial charge is 0.330 e. The number of hydrogen-bond donors (Lipinski definition) is 2. The zero-order chi connectivity index (χ0) is 13.7. The molecular weight excluding hydrogens is 260 g/mol. The van der Waals surface area contributed by atoms with Crippen molar-refractivity contribution in [3.8, 4) is 0 Å². The average Bonchev–Trinajstić information content (AvgIpc) is 2.39. The fourth-order valence-electron chi connectivity index (χ4n) is 2.53. The zero-order valence-electron chi connectivity index (χ0n) is 11.2. The Bertz CT molecular complexity index is 526. The Morgan fingerprint density at radius 2 is 1.95 bits per heavy atom. The quantitative estimate of drug-likeness (QED) is 0.784. The van der Waals surface area contributed by atoms with Crippen molar-refractivity contribution in [2.75, 3.05) is 17.0 Å². The molecule has 0 heterocycles. The number of nitrogens with two attached hydrogens (primary N) is 1. The number of rotatable bonds is 6. The number of sulfonamides is 1. The molecule has 5 heteroatoms. The first kappa shape index (κ1) is 14.3. The highest BCUT2D eigenvalue weighted by atomic mass is 32.2. The molecule has 0 unspecified atom stereocenters. The van der Waals surface area contributed by atoms with Gasteiger partial charge in [-0.15, -0.1) is 0 Å². The second kappa shape index (κ2) is 6.39. The van der Waals surface area contributed by atoms with Crippen LogP contribution in [0.4, 0.5) is 5.69 Å². The van der Waals surface area contributed by atoms with Crippen molar-refractivity contribution < 1.29 is 8.42 Å². The third-order valence-corrected chi connectivity index (χ3v) is 4.89. The van der Waals surface area contributed by atoms with Gasteiger partial charge in [-0.05, 0) is 62.3 Å². The topological polar surface area (TPSA) is 72.2 Å². The molecule has 19 heavy (non-hydrogen) atoms. The minimum Gasteiger partial charge on any atom is -0.330 e. The molecule has 3 N–H and O–H groups in total. The van der Waals surface area contributed by atoms with Crippen molar-refractivity contribution in [3.63, 3.8) is 0 Å². The third kappa shape index (κ3) is 3.94. The molecule has 0 saturated heterocycles. The summed E-state index contributed by atoms with van der Waals surface area (Å²) in [5, 5.41) is 0. The molecule has 0 fully saturated rings. The summed E-state index contributed by atoms with van der Waals surface area (Å²) in [5.41, 5.74) is 8.62. The van der Waals surface area contributed by atoms with Gasteiger partial charge < -0.3 is 5.73 Å². The Kier molecular flexibility index (Phi) is 4.82. The Morgan fingerprint density at radius 1 is 1.16 bits per heavy atom. The summed E-state index contributed by atoms with van der Waals surface area (Å²) >= 11 is 0. The van der Waals surface area contributed by atoms with Crippen LogP contribution in [0.25, 0.3) is 0 Å². The zero-order valence-corrected chi connectivity index (χ0v) is 12.0. The van der Waals surface area contributed by atoms with Crippen LogP contribution in [0.5, 0.6) is 0 Å². The molecular formula is C14H22N2O2S. The van der Waals surface area contributed by atoms with Crippen molar-refractivity contribution in [2.24, 2.45) is 5.73 Å². The summed E-state index contributed by atoms with van der Waals surface area (Å²) in [7, 11) is -3.25. The maximum atomic E-state index is 12.0. The van der Waals surface area contributed by atoms with E-state index in [0.717, 1.165) is 31.4 Å². The van der Waals surface area contributed by atoms with Gasteiger partial charge in [-0.1, -0.05) is 12.1 Å². The molecule has 1 aliphatic carbocycles. The van der Waals surface area contributed by atoms with Crippen LogP contribution in [-0.2, 0) is 22.9 Å². The molecule has 0 radical (unpaired) electrons. The van der Waals surface area contributed by atoms with E-state index < -0.39 is 10.0 Å². The van der Waals surface area contributed by atoms with Crippen molar-refractivity contribution in [2.45, 2.75) is 38.5 Å². The number of benzene rings is 1. The molecule has 1 aromatic carbocycles. The van der Waals surface area contributed by atoms with Gasteiger partial charge in [-0.3, -0.25) is 4.72 Å². The average molecular weight is 282 g/mol. The highest BCUT2D eigenvalue weighted by Gasteiger charge is 2.16. The van der Waals surface area contributed by atoms with Gasteiger partial charge in [0.15, 0.2) is 0 Å². The number of anilines is 1. The SMILES string of the molecule is NCCCCS(=O)(=O)Nc1cccc2c1CCCC2. The molecule has 0 bridgehead atoms. The third-order valence-electron chi connectivity index (χ3n) is 3.53. The van der Waals surface area contributed by atoms with Crippen LogP contribution in [0.1, 0.15) is 36.8 Å². The fourth-order valence-corrected chi connectivity index (χ4v) is 3.74. The van der Waals surface area contributed by atoms with Crippen molar-refractivity contribution in [1.82, 2.24) is 0 Å². The van der Waals surface area contributed by atoms with Crippen LogP contribution < -0.4 is 10.5 Å².